The normalized spacial score (nSPS) is 15.6. The van der Waals surface area contributed by atoms with Gasteiger partial charge >= 0.3 is 0 Å². The van der Waals surface area contributed by atoms with Crippen molar-refractivity contribution in [1.82, 2.24) is 5.32 Å². The summed E-state index contributed by atoms with van der Waals surface area (Å²) in [7, 11) is 1.94. The van der Waals surface area contributed by atoms with E-state index >= 15 is 0 Å². The summed E-state index contributed by atoms with van der Waals surface area (Å²) in [6, 6.07) is 6.18. The maximum Gasteiger partial charge on any atom is 0.231 e. The van der Waals surface area contributed by atoms with E-state index in [0.29, 0.717) is 13.4 Å². The highest BCUT2D eigenvalue weighted by atomic mass is 16.7. The van der Waals surface area contributed by atoms with Crippen molar-refractivity contribution in [3.05, 3.63) is 23.8 Å². The van der Waals surface area contributed by atoms with E-state index < -0.39 is 0 Å². The summed E-state index contributed by atoms with van der Waals surface area (Å²) in [6.07, 6.45) is 0.991. The molecule has 1 aromatic rings. The van der Waals surface area contributed by atoms with E-state index in [0.717, 1.165) is 23.5 Å². The Labute approximate surface area is 115 Å². The minimum absolute atomic E-state index is 0.0918. The predicted molar refractivity (Wildman–Crippen MR) is 74.7 cm³/mol. The first-order valence-corrected chi connectivity index (χ1v) is 6.76. The van der Waals surface area contributed by atoms with Crippen molar-refractivity contribution in [2.75, 3.05) is 20.4 Å². The average molecular weight is 265 g/mol. The Kier molecular flexibility index (Phi) is 4.32. The maximum absolute atomic E-state index is 5.97. The minimum Gasteiger partial charge on any atom is -0.454 e. The van der Waals surface area contributed by atoms with Crippen LogP contribution < -0.4 is 14.8 Å². The summed E-state index contributed by atoms with van der Waals surface area (Å²) in [6.45, 7) is 7.30. The second kappa shape index (κ2) is 5.80. The molecule has 1 unspecified atom stereocenters. The molecule has 4 nitrogen and oxygen atoms in total. The Bertz CT molecular complexity index is 431. The Balaban J connectivity index is 2.05. The van der Waals surface area contributed by atoms with Crippen LogP contribution in [0.4, 0.5) is 0 Å². The number of rotatable bonds is 6. The molecule has 0 spiro atoms. The van der Waals surface area contributed by atoms with Crippen LogP contribution in [0, 0.1) is 0 Å². The number of ether oxygens (including phenoxy) is 3. The predicted octanol–water partition coefficient (Wildman–Crippen LogP) is 2.88. The highest BCUT2D eigenvalue weighted by Gasteiger charge is 2.21. The smallest absolute Gasteiger partial charge is 0.231 e. The molecule has 0 saturated carbocycles. The van der Waals surface area contributed by atoms with Crippen molar-refractivity contribution in [3.8, 4) is 11.5 Å². The summed E-state index contributed by atoms with van der Waals surface area (Å²) >= 11 is 0. The lowest BCUT2D eigenvalue weighted by Gasteiger charge is -2.27. The minimum atomic E-state index is -0.0918. The van der Waals surface area contributed by atoms with Crippen LogP contribution in [0.25, 0.3) is 0 Å². The molecule has 0 fully saturated rings. The van der Waals surface area contributed by atoms with Gasteiger partial charge in [0, 0.05) is 0 Å². The topological polar surface area (TPSA) is 39.7 Å². The number of hydrogen-bond acceptors (Lipinski definition) is 4. The first-order chi connectivity index (χ1) is 9.05. The van der Waals surface area contributed by atoms with Gasteiger partial charge in [-0.1, -0.05) is 13.0 Å². The molecule has 1 aliphatic rings. The molecule has 0 saturated heterocycles. The van der Waals surface area contributed by atoms with Crippen molar-refractivity contribution in [1.29, 1.82) is 0 Å². The van der Waals surface area contributed by atoms with Gasteiger partial charge in [-0.25, -0.2) is 0 Å². The van der Waals surface area contributed by atoms with Crippen molar-refractivity contribution >= 4 is 0 Å². The number of hydrogen-bond donors (Lipinski definition) is 1. The van der Waals surface area contributed by atoms with Gasteiger partial charge < -0.3 is 19.5 Å². The number of fused-ring (bicyclic) bond motifs is 1. The maximum atomic E-state index is 5.97. The molecule has 0 radical (unpaired) electrons. The second-order valence-corrected chi connectivity index (χ2v) is 5.38. The Morgan fingerprint density at radius 1 is 1.32 bits per heavy atom. The standard InChI is InChI=1S/C15H23NO3/c1-5-15(2,3)19-9-12(16-4)11-6-7-13-14(8-11)18-10-17-13/h6-8,12,16H,5,9-10H2,1-4H3. The fourth-order valence-electron chi connectivity index (χ4n) is 1.89. The zero-order valence-electron chi connectivity index (χ0n) is 12.2. The van der Waals surface area contributed by atoms with Crippen LogP contribution in [0.5, 0.6) is 11.5 Å². The molecule has 2 rings (SSSR count). The average Bonchev–Trinajstić information content (AvgIpc) is 2.87. The zero-order valence-corrected chi connectivity index (χ0v) is 12.2. The van der Waals surface area contributed by atoms with Gasteiger partial charge in [0.1, 0.15) is 0 Å². The number of benzene rings is 1. The molecule has 1 N–H and O–H groups in total. The van der Waals surface area contributed by atoms with Gasteiger partial charge in [-0.05, 0) is 45.0 Å². The van der Waals surface area contributed by atoms with Crippen molar-refractivity contribution < 1.29 is 14.2 Å². The van der Waals surface area contributed by atoms with Crippen LogP contribution in [0.1, 0.15) is 38.8 Å². The molecular formula is C15H23NO3. The third-order valence-electron chi connectivity index (χ3n) is 3.64. The van der Waals surface area contributed by atoms with Crippen molar-refractivity contribution in [2.24, 2.45) is 0 Å². The Hall–Kier alpha value is -1.26. The highest BCUT2D eigenvalue weighted by Crippen LogP contribution is 2.34. The lowest BCUT2D eigenvalue weighted by molar-refractivity contribution is -0.0300. The summed E-state index contributed by atoms with van der Waals surface area (Å²) in [5.41, 5.74) is 1.06. The van der Waals surface area contributed by atoms with Gasteiger partial charge in [0.05, 0.1) is 18.2 Å². The van der Waals surface area contributed by atoms with E-state index in [1.54, 1.807) is 0 Å². The fraction of sp³-hybridized carbons (Fsp3) is 0.600. The van der Waals surface area contributed by atoms with E-state index in [9.17, 15) is 0 Å². The lowest BCUT2D eigenvalue weighted by Crippen LogP contribution is -2.30. The van der Waals surface area contributed by atoms with Gasteiger partial charge in [0.2, 0.25) is 6.79 Å². The molecule has 4 heteroatoms. The lowest BCUT2D eigenvalue weighted by atomic mass is 10.0. The summed E-state index contributed by atoms with van der Waals surface area (Å²) in [5, 5.41) is 3.28. The van der Waals surface area contributed by atoms with E-state index in [1.165, 1.54) is 0 Å². The van der Waals surface area contributed by atoms with Crippen molar-refractivity contribution in [3.63, 3.8) is 0 Å². The van der Waals surface area contributed by atoms with Crippen LogP contribution in [0.15, 0.2) is 18.2 Å². The second-order valence-electron chi connectivity index (χ2n) is 5.38. The van der Waals surface area contributed by atoms with E-state index in [4.69, 9.17) is 14.2 Å². The van der Waals surface area contributed by atoms with Crippen LogP contribution in [0.2, 0.25) is 0 Å². The van der Waals surface area contributed by atoms with Gasteiger partial charge in [-0.2, -0.15) is 0 Å². The molecule has 0 amide bonds. The van der Waals surface area contributed by atoms with Gasteiger partial charge in [0.25, 0.3) is 0 Å². The number of nitrogens with one attached hydrogen (secondary N) is 1. The third-order valence-corrected chi connectivity index (χ3v) is 3.64. The van der Waals surface area contributed by atoms with Gasteiger partial charge in [0.15, 0.2) is 11.5 Å². The van der Waals surface area contributed by atoms with Crippen LogP contribution in [-0.2, 0) is 4.74 Å². The molecule has 1 heterocycles. The summed E-state index contributed by atoms with van der Waals surface area (Å²) in [5.74, 6) is 1.63. The summed E-state index contributed by atoms with van der Waals surface area (Å²) < 4.78 is 16.7. The third kappa shape index (κ3) is 3.39. The molecule has 1 aromatic carbocycles. The monoisotopic (exact) mass is 265 g/mol. The Morgan fingerprint density at radius 2 is 2.05 bits per heavy atom. The van der Waals surface area contributed by atoms with Crippen LogP contribution >= 0.6 is 0 Å². The van der Waals surface area contributed by atoms with Gasteiger partial charge in [-0.3, -0.25) is 0 Å². The quantitative estimate of drug-likeness (QED) is 0.858. The molecule has 1 atom stereocenters. The molecule has 0 bridgehead atoms. The molecule has 19 heavy (non-hydrogen) atoms. The Morgan fingerprint density at radius 3 is 2.74 bits per heavy atom. The zero-order chi connectivity index (χ0) is 13.9. The molecule has 106 valence electrons. The largest absolute Gasteiger partial charge is 0.454 e. The molecule has 0 aromatic heterocycles. The first kappa shape index (κ1) is 14.2. The van der Waals surface area contributed by atoms with E-state index in [2.05, 4.69) is 32.2 Å². The highest BCUT2D eigenvalue weighted by molar-refractivity contribution is 5.45. The van der Waals surface area contributed by atoms with E-state index in [1.807, 2.05) is 19.2 Å². The van der Waals surface area contributed by atoms with Crippen LogP contribution in [-0.4, -0.2) is 26.0 Å². The van der Waals surface area contributed by atoms with Crippen LogP contribution in [0.3, 0.4) is 0 Å². The first-order valence-electron chi connectivity index (χ1n) is 6.76. The van der Waals surface area contributed by atoms with E-state index in [-0.39, 0.29) is 11.6 Å². The van der Waals surface area contributed by atoms with Crippen molar-refractivity contribution in [2.45, 2.75) is 38.8 Å². The summed E-state index contributed by atoms with van der Waals surface area (Å²) in [4.78, 5) is 0. The molecule has 1 aliphatic heterocycles. The fourth-order valence-corrected chi connectivity index (χ4v) is 1.89. The molecular weight excluding hydrogens is 242 g/mol. The SMILES string of the molecule is CCC(C)(C)OCC(NC)c1ccc2c(c1)OCO2. The molecule has 0 aliphatic carbocycles. The number of likely N-dealkylation sites (N-methyl/N-ethyl adjacent to an activating group) is 1. The van der Waals surface area contributed by atoms with Gasteiger partial charge in [-0.15, -0.1) is 0 Å².